The van der Waals surface area contributed by atoms with Crippen molar-refractivity contribution in [2.75, 3.05) is 18.6 Å². The van der Waals surface area contributed by atoms with Gasteiger partial charge in [0.25, 0.3) is 0 Å². The summed E-state index contributed by atoms with van der Waals surface area (Å²) in [6, 6.07) is 0. The van der Waals surface area contributed by atoms with Gasteiger partial charge in [0.15, 0.2) is 0 Å². The van der Waals surface area contributed by atoms with Crippen LogP contribution in [-0.2, 0) is 13.0 Å². The first-order valence-corrected chi connectivity index (χ1v) is 8.21. The third-order valence-corrected chi connectivity index (χ3v) is 4.24. The standard InChI is InChI=1S/C12H22N2S2/c1-3-12-14-10-11(16-12)9-13-7-5-4-6-8-15-2/h10,13H,3-9H2,1-2H3. The molecule has 0 amide bonds. The number of hydrogen-bond acceptors (Lipinski definition) is 4. The van der Waals surface area contributed by atoms with E-state index in [0.717, 1.165) is 19.5 Å². The van der Waals surface area contributed by atoms with Crippen LogP contribution in [-0.4, -0.2) is 23.5 Å². The number of hydrogen-bond donors (Lipinski definition) is 1. The molecular formula is C12H22N2S2. The predicted molar refractivity (Wildman–Crippen MR) is 75.4 cm³/mol. The van der Waals surface area contributed by atoms with Crippen molar-refractivity contribution in [1.29, 1.82) is 0 Å². The van der Waals surface area contributed by atoms with Gasteiger partial charge in [0.05, 0.1) is 5.01 Å². The molecule has 0 saturated carbocycles. The molecule has 0 aliphatic carbocycles. The molecule has 0 spiro atoms. The lowest BCUT2D eigenvalue weighted by molar-refractivity contribution is 0.622. The van der Waals surface area contributed by atoms with E-state index < -0.39 is 0 Å². The molecule has 0 aromatic carbocycles. The van der Waals surface area contributed by atoms with Crippen molar-refractivity contribution < 1.29 is 0 Å². The van der Waals surface area contributed by atoms with Crippen LogP contribution in [0.3, 0.4) is 0 Å². The van der Waals surface area contributed by atoms with E-state index in [1.165, 1.54) is 34.9 Å². The zero-order chi connectivity index (χ0) is 11.6. The smallest absolute Gasteiger partial charge is 0.0925 e. The van der Waals surface area contributed by atoms with E-state index in [1.54, 1.807) is 0 Å². The summed E-state index contributed by atoms with van der Waals surface area (Å²) in [5.41, 5.74) is 0. The SMILES string of the molecule is CCc1ncc(CNCCCCCSC)s1. The third-order valence-electron chi connectivity index (χ3n) is 2.41. The fourth-order valence-electron chi connectivity index (χ4n) is 1.48. The van der Waals surface area contributed by atoms with E-state index in [4.69, 9.17) is 0 Å². The number of rotatable bonds is 9. The molecule has 0 aliphatic heterocycles. The monoisotopic (exact) mass is 258 g/mol. The highest BCUT2D eigenvalue weighted by atomic mass is 32.2. The maximum Gasteiger partial charge on any atom is 0.0925 e. The normalized spacial score (nSPS) is 10.9. The van der Waals surface area contributed by atoms with Crippen LogP contribution in [0.15, 0.2) is 6.20 Å². The maximum atomic E-state index is 4.35. The first-order valence-electron chi connectivity index (χ1n) is 6.00. The molecule has 0 unspecified atom stereocenters. The van der Waals surface area contributed by atoms with E-state index in [-0.39, 0.29) is 0 Å². The summed E-state index contributed by atoms with van der Waals surface area (Å²) >= 11 is 3.77. The lowest BCUT2D eigenvalue weighted by atomic mass is 10.2. The van der Waals surface area contributed by atoms with Crippen molar-refractivity contribution in [2.45, 2.75) is 39.2 Å². The van der Waals surface area contributed by atoms with Crippen molar-refractivity contribution >= 4 is 23.1 Å². The molecule has 1 heterocycles. The van der Waals surface area contributed by atoms with Gasteiger partial charge in [-0.25, -0.2) is 4.98 Å². The van der Waals surface area contributed by atoms with Crippen LogP contribution >= 0.6 is 23.1 Å². The van der Waals surface area contributed by atoms with Gasteiger partial charge in [0.2, 0.25) is 0 Å². The van der Waals surface area contributed by atoms with E-state index in [2.05, 4.69) is 23.5 Å². The Labute approximate surface area is 107 Å². The zero-order valence-corrected chi connectivity index (χ0v) is 11.9. The fourth-order valence-corrected chi connectivity index (χ4v) is 2.80. The zero-order valence-electron chi connectivity index (χ0n) is 10.3. The molecule has 1 rings (SSSR count). The average molecular weight is 258 g/mol. The lowest BCUT2D eigenvalue weighted by Gasteiger charge is -2.02. The summed E-state index contributed by atoms with van der Waals surface area (Å²) in [4.78, 5) is 5.71. The minimum absolute atomic E-state index is 0.986. The molecule has 1 aromatic rings. The number of nitrogens with one attached hydrogen (secondary N) is 1. The Morgan fingerprint density at radius 2 is 2.25 bits per heavy atom. The summed E-state index contributed by atoms with van der Waals surface area (Å²) < 4.78 is 0. The van der Waals surface area contributed by atoms with Crippen LogP contribution in [0.1, 0.15) is 36.1 Å². The molecule has 0 radical (unpaired) electrons. The molecule has 0 aliphatic rings. The van der Waals surface area contributed by atoms with Gasteiger partial charge < -0.3 is 5.32 Å². The van der Waals surface area contributed by atoms with Gasteiger partial charge in [-0.05, 0) is 37.8 Å². The van der Waals surface area contributed by atoms with Crippen LogP contribution in [0.2, 0.25) is 0 Å². The van der Waals surface area contributed by atoms with Gasteiger partial charge in [0.1, 0.15) is 0 Å². The summed E-state index contributed by atoms with van der Waals surface area (Å²) in [6.45, 7) is 4.27. The largest absolute Gasteiger partial charge is 0.312 e. The van der Waals surface area contributed by atoms with E-state index in [0.29, 0.717) is 0 Å². The van der Waals surface area contributed by atoms with Gasteiger partial charge in [-0.3, -0.25) is 0 Å². The third kappa shape index (κ3) is 5.87. The van der Waals surface area contributed by atoms with E-state index in [1.807, 2.05) is 29.3 Å². The van der Waals surface area contributed by atoms with Crippen molar-refractivity contribution in [2.24, 2.45) is 0 Å². The fraction of sp³-hybridized carbons (Fsp3) is 0.750. The molecule has 0 saturated heterocycles. The first kappa shape index (κ1) is 14.0. The highest BCUT2D eigenvalue weighted by Crippen LogP contribution is 2.12. The predicted octanol–water partition coefficient (Wildman–Crippen LogP) is 3.33. The lowest BCUT2D eigenvalue weighted by Crippen LogP contribution is -2.13. The Hall–Kier alpha value is -0.0600. The number of unbranched alkanes of at least 4 members (excludes halogenated alkanes) is 2. The molecule has 1 N–H and O–H groups in total. The van der Waals surface area contributed by atoms with Crippen molar-refractivity contribution in [3.8, 4) is 0 Å². The summed E-state index contributed by atoms with van der Waals surface area (Å²) in [5.74, 6) is 1.30. The topological polar surface area (TPSA) is 24.9 Å². The molecule has 1 aromatic heterocycles. The number of nitrogens with zero attached hydrogens (tertiary/aromatic N) is 1. The summed E-state index contributed by atoms with van der Waals surface area (Å²) in [6.07, 6.45) is 9.22. The van der Waals surface area contributed by atoms with Gasteiger partial charge in [-0.15, -0.1) is 11.3 Å². The molecule has 0 atom stereocenters. The molecular weight excluding hydrogens is 236 g/mol. The van der Waals surface area contributed by atoms with Gasteiger partial charge >= 0.3 is 0 Å². The molecule has 0 bridgehead atoms. The van der Waals surface area contributed by atoms with E-state index >= 15 is 0 Å². The highest BCUT2D eigenvalue weighted by molar-refractivity contribution is 7.98. The van der Waals surface area contributed by atoms with Gasteiger partial charge in [-0.2, -0.15) is 11.8 Å². The molecule has 4 heteroatoms. The maximum absolute atomic E-state index is 4.35. The molecule has 92 valence electrons. The Morgan fingerprint density at radius 1 is 1.38 bits per heavy atom. The second kappa shape index (κ2) is 9.02. The average Bonchev–Trinajstić information content (AvgIpc) is 2.76. The Morgan fingerprint density at radius 3 is 2.94 bits per heavy atom. The Balaban J connectivity index is 1.98. The van der Waals surface area contributed by atoms with Crippen molar-refractivity contribution in [3.05, 3.63) is 16.1 Å². The second-order valence-corrected chi connectivity index (χ2v) is 5.99. The van der Waals surface area contributed by atoms with Crippen molar-refractivity contribution in [3.63, 3.8) is 0 Å². The Kier molecular flexibility index (Phi) is 7.89. The second-order valence-electron chi connectivity index (χ2n) is 3.80. The molecule has 2 nitrogen and oxygen atoms in total. The summed E-state index contributed by atoms with van der Waals surface area (Å²) in [7, 11) is 0. The summed E-state index contributed by atoms with van der Waals surface area (Å²) in [5, 5.41) is 4.73. The van der Waals surface area contributed by atoms with Gasteiger partial charge in [-0.1, -0.05) is 13.3 Å². The number of aryl methyl sites for hydroxylation is 1. The van der Waals surface area contributed by atoms with Crippen LogP contribution in [0.4, 0.5) is 0 Å². The van der Waals surface area contributed by atoms with Gasteiger partial charge in [0, 0.05) is 17.6 Å². The minimum atomic E-state index is 0.986. The molecule has 16 heavy (non-hydrogen) atoms. The molecule has 0 fully saturated rings. The van der Waals surface area contributed by atoms with Crippen LogP contribution < -0.4 is 5.32 Å². The van der Waals surface area contributed by atoms with Crippen molar-refractivity contribution in [1.82, 2.24) is 10.3 Å². The first-order chi connectivity index (χ1) is 7.86. The Bertz CT molecular complexity index is 274. The minimum Gasteiger partial charge on any atom is -0.312 e. The van der Waals surface area contributed by atoms with Crippen LogP contribution in [0.25, 0.3) is 0 Å². The number of thioether (sulfide) groups is 1. The van der Waals surface area contributed by atoms with E-state index in [9.17, 15) is 0 Å². The quantitative estimate of drug-likeness (QED) is 0.688. The van der Waals surface area contributed by atoms with Crippen LogP contribution in [0.5, 0.6) is 0 Å². The highest BCUT2D eigenvalue weighted by Gasteiger charge is 1.98. The number of thiazole rings is 1. The van der Waals surface area contributed by atoms with Crippen LogP contribution in [0, 0.1) is 0 Å². The number of aromatic nitrogens is 1.